The summed E-state index contributed by atoms with van der Waals surface area (Å²) in [7, 11) is -3.68. The van der Waals surface area contributed by atoms with E-state index in [-0.39, 0.29) is 73.8 Å². The number of alkyl halides is 2. The summed E-state index contributed by atoms with van der Waals surface area (Å²) < 4.78 is 68.9. The number of hydrogen-bond acceptors (Lipinski definition) is 12. The van der Waals surface area contributed by atoms with Crippen LogP contribution in [0.4, 0.5) is 26.1 Å². The van der Waals surface area contributed by atoms with Crippen LogP contribution < -0.4 is 24.8 Å². The highest BCUT2D eigenvalue weighted by molar-refractivity contribution is 7.90. The lowest BCUT2D eigenvalue weighted by molar-refractivity contribution is -0.287. The van der Waals surface area contributed by atoms with Gasteiger partial charge in [0, 0.05) is 24.6 Å². The van der Waals surface area contributed by atoms with E-state index < -0.39 is 22.2 Å². The molecule has 2 aliphatic rings. The number of ether oxygens (including phenoxy) is 3. The molecule has 3 N–H and O–H groups in total. The second-order valence-corrected chi connectivity index (χ2v) is 14.2. The van der Waals surface area contributed by atoms with Gasteiger partial charge in [-0.05, 0) is 85.5 Å². The molecule has 0 bridgehead atoms. The highest BCUT2D eigenvalue weighted by Gasteiger charge is 2.45. The van der Waals surface area contributed by atoms with Crippen molar-refractivity contribution < 1.29 is 36.5 Å². The number of sulfone groups is 1. The number of para-hydroxylation sites is 1. The normalized spacial score (nSPS) is 19.0. The van der Waals surface area contributed by atoms with E-state index in [1.54, 1.807) is 18.2 Å². The molecule has 2 aromatic carbocycles. The van der Waals surface area contributed by atoms with Crippen molar-refractivity contribution in [1.82, 2.24) is 19.9 Å². The van der Waals surface area contributed by atoms with Crippen LogP contribution in [0.25, 0.3) is 0 Å². The molecule has 1 saturated carbocycles. The number of nitrogens with one attached hydrogen (secondary N) is 2. The van der Waals surface area contributed by atoms with E-state index >= 15 is 0 Å². The first-order valence-corrected chi connectivity index (χ1v) is 17.6. The zero-order valence-electron chi connectivity index (χ0n) is 25.4. The zero-order valence-corrected chi connectivity index (χ0v) is 27.7. The fraction of sp³-hybridized carbons (Fsp3) is 0.355. The minimum absolute atomic E-state index is 0.0324. The highest BCUT2D eigenvalue weighted by Crippen LogP contribution is 2.48. The number of rotatable bonds is 11. The average Bonchev–Trinajstić information content (AvgIpc) is 3.37. The number of nitrogens with zero attached hydrogens (tertiary/aromatic N) is 4. The van der Waals surface area contributed by atoms with Crippen molar-refractivity contribution in [1.29, 1.82) is 0 Å². The molecule has 254 valence electrons. The van der Waals surface area contributed by atoms with Crippen LogP contribution in [0.1, 0.15) is 43.0 Å². The van der Waals surface area contributed by atoms with E-state index in [0.717, 1.165) is 31.9 Å². The summed E-state index contributed by atoms with van der Waals surface area (Å²) >= 11 is 12.8. The van der Waals surface area contributed by atoms with Crippen molar-refractivity contribution in [2.24, 2.45) is 11.8 Å². The topological polar surface area (TPSA) is 158 Å². The van der Waals surface area contributed by atoms with Gasteiger partial charge >= 0.3 is 12.3 Å². The molecule has 12 nitrogen and oxygen atoms in total. The van der Waals surface area contributed by atoms with Gasteiger partial charge in [0.15, 0.2) is 21.3 Å². The van der Waals surface area contributed by atoms with Gasteiger partial charge in [0.1, 0.15) is 0 Å². The molecule has 1 aliphatic heterocycles. The maximum absolute atomic E-state index is 14.2. The number of aromatic nitrogens is 4. The molecule has 0 saturated heterocycles. The molecule has 1 fully saturated rings. The second kappa shape index (κ2) is 13.8. The largest absolute Gasteiger partial charge is 0.586 e. The summed E-state index contributed by atoms with van der Waals surface area (Å²) in [5, 5.41) is 15.7. The molecule has 0 radical (unpaired) electrons. The lowest BCUT2D eigenvalue weighted by Crippen LogP contribution is -2.26. The molecule has 17 heteroatoms. The minimum Gasteiger partial charge on any atom is -0.463 e. The van der Waals surface area contributed by atoms with Crippen LogP contribution in [-0.2, 0) is 9.84 Å². The zero-order chi connectivity index (χ0) is 34.1. The Balaban J connectivity index is 1.34. The Morgan fingerprint density at radius 2 is 1.79 bits per heavy atom. The molecule has 4 aromatic rings. The fourth-order valence-electron chi connectivity index (χ4n) is 5.61. The predicted octanol–water partition coefficient (Wildman–Crippen LogP) is 6.42. The van der Waals surface area contributed by atoms with Gasteiger partial charge in [0.05, 0.1) is 39.6 Å². The van der Waals surface area contributed by atoms with Gasteiger partial charge in [-0.1, -0.05) is 23.7 Å². The summed E-state index contributed by atoms with van der Waals surface area (Å²) in [4.78, 5) is 16.9. The van der Waals surface area contributed by atoms with Crippen molar-refractivity contribution in [3.63, 3.8) is 0 Å². The summed E-state index contributed by atoms with van der Waals surface area (Å²) in [5.41, 5.74) is 0.949. The van der Waals surface area contributed by atoms with E-state index in [2.05, 4.69) is 35.3 Å². The monoisotopic (exact) mass is 722 g/mol. The number of aliphatic hydroxyl groups is 1. The van der Waals surface area contributed by atoms with Crippen molar-refractivity contribution in [2.45, 2.75) is 42.9 Å². The molecule has 6 rings (SSSR count). The average molecular weight is 724 g/mol. The van der Waals surface area contributed by atoms with Crippen molar-refractivity contribution >= 4 is 50.4 Å². The maximum atomic E-state index is 14.2. The Morgan fingerprint density at radius 1 is 1.02 bits per heavy atom. The first-order chi connectivity index (χ1) is 22.9. The Morgan fingerprint density at radius 3 is 2.52 bits per heavy atom. The quantitative estimate of drug-likeness (QED) is 0.156. The number of fused-ring (bicyclic) bond motifs is 1. The molecule has 48 heavy (non-hydrogen) atoms. The SMILES string of the molecule is CS(=O)(=O)c1ccc(N[C@@H](c2cccc3c2OC(F)(F)O3)c2ncccc2Cl)c(Nc2nc(Cl)nc(OCC3CCC(CO)CC3)n2)c1. The van der Waals surface area contributed by atoms with E-state index in [9.17, 15) is 22.3 Å². The molecular weight excluding hydrogens is 693 g/mol. The van der Waals surface area contributed by atoms with Crippen LogP contribution in [0.5, 0.6) is 17.5 Å². The number of halogens is 4. The molecule has 1 atom stereocenters. The number of benzene rings is 2. The number of hydrogen-bond donors (Lipinski definition) is 3. The van der Waals surface area contributed by atoms with Gasteiger partial charge in [-0.2, -0.15) is 15.0 Å². The van der Waals surface area contributed by atoms with Crippen molar-refractivity contribution in [2.75, 3.05) is 30.1 Å². The van der Waals surface area contributed by atoms with Crippen LogP contribution in [-0.4, -0.2) is 59.2 Å². The third-order valence-electron chi connectivity index (χ3n) is 8.06. The maximum Gasteiger partial charge on any atom is 0.586 e. The summed E-state index contributed by atoms with van der Waals surface area (Å²) in [5.74, 6) is 0.0982. The van der Waals surface area contributed by atoms with Crippen molar-refractivity contribution in [3.8, 4) is 17.5 Å². The van der Waals surface area contributed by atoms with Crippen LogP contribution in [0.15, 0.2) is 59.6 Å². The van der Waals surface area contributed by atoms with Crippen LogP contribution in [0, 0.1) is 11.8 Å². The van der Waals surface area contributed by atoms with Crippen LogP contribution in [0.3, 0.4) is 0 Å². The van der Waals surface area contributed by atoms with Gasteiger partial charge < -0.3 is 30.0 Å². The summed E-state index contributed by atoms with van der Waals surface area (Å²) in [6.45, 7) is 0.511. The molecular formula is C31H30Cl2F2N6O6S. The molecule has 0 unspecified atom stereocenters. The van der Waals surface area contributed by atoms with Gasteiger partial charge in [-0.15, -0.1) is 8.78 Å². The van der Waals surface area contributed by atoms with Crippen LogP contribution in [0.2, 0.25) is 10.3 Å². The minimum atomic E-state index is -3.89. The van der Waals surface area contributed by atoms with Crippen molar-refractivity contribution in [3.05, 3.63) is 76.3 Å². The smallest absolute Gasteiger partial charge is 0.463 e. The Hall–Kier alpha value is -4.05. The third kappa shape index (κ3) is 7.80. The summed E-state index contributed by atoms with van der Waals surface area (Å²) in [6.07, 6.45) is 2.24. The lowest BCUT2D eigenvalue weighted by Gasteiger charge is -2.26. The highest BCUT2D eigenvalue weighted by atomic mass is 35.5. The molecule has 2 aromatic heterocycles. The third-order valence-corrected chi connectivity index (χ3v) is 9.66. The fourth-order valence-corrected chi connectivity index (χ4v) is 6.64. The van der Waals surface area contributed by atoms with E-state index in [4.69, 9.17) is 32.7 Å². The first-order valence-electron chi connectivity index (χ1n) is 14.9. The van der Waals surface area contributed by atoms with Gasteiger partial charge in [-0.25, -0.2) is 8.42 Å². The molecule has 3 heterocycles. The second-order valence-electron chi connectivity index (χ2n) is 11.5. The Labute approximate surface area is 284 Å². The standard InChI is InChI=1S/C31H30Cl2F2N6O6S/c1-48(43,44)19-11-12-22(23(14-19)38-29-39-28(33)40-30(41-29)45-16-18-9-7-17(15-42)8-10-18)37-25(26-21(32)5-3-13-36-26)20-4-2-6-24-27(20)47-31(34,35)46-24/h2-6,11-14,17-18,25,37,42H,7-10,15-16H2,1H3,(H,38,39,40,41)/t17?,18?,25-/m0/s1. The first kappa shape index (κ1) is 33.8. The van der Waals surface area contributed by atoms with Gasteiger partial charge in [0.2, 0.25) is 11.2 Å². The molecule has 1 aliphatic carbocycles. The van der Waals surface area contributed by atoms with E-state index in [0.29, 0.717) is 12.5 Å². The Kier molecular flexibility index (Phi) is 9.74. The summed E-state index contributed by atoms with van der Waals surface area (Å²) in [6, 6.07) is 10.8. The van der Waals surface area contributed by atoms with E-state index in [1.165, 1.54) is 36.5 Å². The molecule has 0 spiro atoms. The van der Waals surface area contributed by atoms with Crippen LogP contribution >= 0.6 is 23.2 Å². The van der Waals surface area contributed by atoms with Gasteiger partial charge in [0.25, 0.3) is 0 Å². The lowest BCUT2D eigenvalue weighted by atomic mass is 9.83. The number of aliphatic hydroxyl groups excluding tert-OH is 1. The number of pyridine rings is 1. The predicted molar refractivity (Wildman–Crippen MR) is 173 cm³/mol. The Bertz CT molecular complexity index is 1920. The number of anilines is 3. The molecule has 0 amide bonds. The van der Waals surface area contributed by atoms with Gasteiger partial charge in [-0.3, -0.25) is 4.98 Å². The van der Waals surface area contributed by atoms with E-state index in [1.807, 2.05) is 0 Å².